The van der Waals surface area contributed by atoms with Gasteiger partial charge in [0.25, 0.3) is 0 Å². The van der Waals surface area contributed by atoms with Gasteiger partial charge in [-0.3, -0.25) is 5.32 Å². The molecule has 0 amide bonds. The van der Waals surface area contributed by atoms with Gasteiger partial charge in [-0.2, -0.15) is 0 Å². The first-order valence-corrected chi connectivity index (χ1v) is 6.84. The molecule has 2 rings (SSSR count). The van der Waals surface area contributed by atoms with Gasteiger partial charge >= 0.3 is 0 Å². The normalized spacial score (nSPS) is 25.2. The molecule has 0 spiro atoms. The van der Waals surface area contributed by atoms with Crippen molar-refractivity contribution in [3.63, 3.8) is 0 Å². The molecule has 1 fully saturated rings. The summed E-state index contributed by atoms with van der Waals surface area (Å²) in [4.78, 5) is 0. The van der Waals surface area contributed by atoms with Crippen LogP contribution in [0.1, 0.15) is 24.8 Å². The van der Waals surface area contributed by atoms with Crippen LogP contribution >= 0.6 is 34.4 Å². The first-order chi connectivity index (χ1) is 6.57. The second-order valence-corrected chi connectivity index (χ2v) is 6.61. The fourth-order valence-corrected chi connectivity index (χ4v) is 3.33. The maximum atomic E-state index is 3.63. The second-order valence-electron chi connectivity index (χ2n) is 4.27. The van der Waals surface area contributed by atoms with E-state index in [0.29, 0.717) is 5.37 Å². The number of benzene rings is 1. The number of rotatable bonds is 1. The molecule has 76 valence electrons. The molecule has 1 aliphatic heterocycles. The lowest BCUT2D eigenvalue weighted by atomic mass is 10.1. The third-order valence-electron chi connectivity index (χ3n) is 2.31. The average Bonchev–Trinajstić information content (AvgIpc) is 2.47. The van der Waals surface area contributed by atoms with E-state index in [1.807, 2.05) is 11.8 Å². The first kappa shape index (κ1) is 10.8. The van der Waals surface area contributed by atoms with E-state index < -0.39 is 0 Å². The van der Waals surface area contributed by atoms with Crippen LogP contribution < -0.4 is 5.32 Å². The summed E-state index contributed by atoms with van der Waals surface area (Å²) < 4.78 is 1.30. The highest BCUT2D eigenvalue weighted by atomic mass is 127. The summed E-state index contributed by atoms with van der Waals surface area (Å²) in [5.41, 5.74) is 1.67. The second kappa shape index (κ2) is 4.02. The van der Waals surface area contributed by atoms with Gasteiger partial charge in [-0.05, 0) is 54.1 Å². The average molecular weight is 319 g/mol. The van der Waals surface area contributed by atoms with Crippen molar-refractivity contribution in [2.45, 2.75) is 24.8 Å². The highest BCUT2D eigenvalue weighted by molar-refractivity contribution is 14.1. The monoisotopic (exact) mass is 319 g/mol. The zero-order chi connectivity index (χ0) is 10.2. The van der Waals surface area contributed by atoms with Crippen molar-refractivity contribution in [2.24, 2.45) is 0 Å². The Kier molecular flexibility index (Phi) is 3.09. The third-order valence-corrected chi connectivity index (χ3v) is 4.64. The molecule has 0 radical (unpaired) electrons. The van der Waals surface area contributed by atoms with Crippen LogP contribution in [0.25, 0.3) is 0 Å². The van der Waals surface area contributed by atoms with E-state index in [1.54, 1.807) is 0 Å². The Balaban J connectivity index is 2.14. The highest BCUT2D eigenvalue weighted by Gasteiger charge is 2.31. The molecule has 1 aromatic carbocycles. The summed E-state index contributed by atoms with van der Waals surface area (Å²) >= 11 is 4.33. The zero-order valence-electron chi connectivity index (χ0n) is 8.38. The van der Waals surface area contributed by atoms with Gasteiger partial charge in [0.2, 0.25) is 0 Å². The molecule has 1 aliphatic rings. The summed E-state index contributed by atoms with van der Waals surface area (Å²) in [6.07, 6.45) is 0. The molecule has 3 heteroatoms. The van der Waals surface area contributed by atoms with Gasteiger partial charge in [-0.15, -0.1) is 11.8 Å². The van der Waals surface area contributed by atoms with Gasteiger partial charge in [0.1, 0.15) is 0 Å². The van der Waals surface area contributed by atoms with E-state index in [0.717, 1.165) is 0 Å². The van der Waals surface area contributed by atoms with Gasteiger partial charge < -0.3 is 0 Å². The predicted octanol–water partition coefficient (Wildman–Crippen LogP) is 3.40. The fraction of sp³-hybridized carbons (Fsp3) is 0.455. The molecule has 1 atom stereocenters. The summed E-state index contributed by atoms with van der Waals surface area (Å²) in [5.74, 6) is 1.18. The van der Waals surface area contributed by atoms with Crippen LogP contribution in [0.3, 0.4) is 0 Å². The van der Waals surface area contributed by atoms with Crippen LogP contribution in [-0.2, 0) is 0 Å². The molecule has 0 aliphatic carbocycles. The topological polar surface area (TPSA) is 12.0 Å². The molecule has 1 N–H and O–H groups in total. The molecule has 0 aromatic heterocycles. The van der Waals surface area contributed by atoms with E-state index in [1.165, 1.54) is 14.9 Å². The quantitative estimate of drug-likeness (QED) is 0.796. The Morgan fingerprint density at radius 1 is 1.36 bits per heavy atom. The van der Waals surface area contributed by atoms with E-state index in [4.69, 9.17) is 0 Å². The largest absolute Gasteiger partial charge is 0.296 e. The Labute approximate surface area is 103 Å². The molecule has 14 heavy (non-hydrogen) atoms. The predicted molar refractivity (Wildman–Crippen MR) is 71.6 cm³/mol. The lowest BCUT2D eigenvalue weighted by Gasteiger charge is -2.18. The van der Waals surface area contributed by atoms with E-state index >= 15 is 0 Å². The van der Waals surface area contributed by atoms with Gasteiger partial charge in [0.15, 0.2) is 0 Å². The van der Waals surface area contributed by atoms with Crippen LogP contribution in [0.5, 0.6) is 0 Å². The lowest BCUT2D eigenvalue weighted by molar-refractivity contribution is 0.452. The highest BCUT2D eigenvalue weighted by Crippen LogP contribution is 2.37. The summed E-state index contributed by atoms with van der Waals surface area (Å²) in [6, 6.07) is 8.77. The minimum atomic E-state index is 0.276. The van der Waals surface area contributed by atoms with Crippen molar-refractivity contribution in [3.05, 3.63) is 33.4 Å². The fourth-order valence-electron chi connectivity index (χ4n) is 1.55. The lowest BCUT2D eigenvalue weighted by Crippen LogP contribution is -2.35. The molecule has 0 bridgehead atoms. The third kappa shape index (κ3) is 2.44. The summed E-state index contributed by atoms with van der Waals surface area (Å²) in [5, 5.41) is 4.10. The van der Waals surface area contributed by atoms with Crippen LogP contribution in [0.15, 0.2) is 24.3 Å². The van der Waals surface area contributed by atoms with Crippen molar-refractivity contribution in [2.75, 3.05) is 5.75 Å². The van der Waals surface area contributed by atoms with Crippen molar-refractivity contribution in [3.8, 4) is 0 Å². The molecule has 0 saturated carbocycles. The molecule has 1 unspecified atom stereocenters. The first-order valence-electron chi connectivity index (χ1n) is 4.72. The number of thioether (sulfide) groups is 1. The van der Waals surface area contributed by atoms with Crippen LogP contribution in [0, 0.1) is 3.57 Å². The SMILES string of the molecule is CC1(C)CSC(c2ccc(I)cc2)N1. The van der Waals surface area contributed by atoms with Gasteiger partial charge in [-0.1, -0.05) is 12.1 Å². The van der Waals surface area contributed by atoms with Crippen LogP contribution in [0.2, 0.25) is 0 Å². The smallest absolute Gasteiger partial charge is 0.0794 e. The maximum absolute atomic E-state index is 3.63. The molecular weight excluding hydrogens is 305 g/mol. The molecule has 1 saturated heterocycles. The Bertz CT molecular complexity index is 321. The molecule has 1 heterocycles. The van der Waals surface area contributed by atoms with Crippen molar-refractivity contribution in [1.82, 2.24) is 5.32 Å². The minimum absolute atomic E-state index is 0.276. The van der Waals surface area contributed by atoms with Crippen LogP contribution in [-0.4, -0.2) is 11.3 Å². The van der Waals surface area contributed by atoms with Gasteiger partial charge in [-0.25, -0.2) is 0 Å². The van der Waals surface area contributed by atoms with E-state index in [9.17, 15) is 0 Å². The Hall–Kier alpha value is 0.260. The number of hydrogen-bond acceptors (Lipinski definition) is 2. The van der Waals surface area contributed by atoms with E-state index in [2.05, 4.69) is 66.0 Å². The standard InChI is InChI=1S/C11H14INS/c1-11(2)7-14-10(13-11)8-3-5-9(12)6-4-8/h3-6,10,13H,7H2,1-2H3. The molecule has 1 nitrogen and oxygen atoms in total. The molecular formula is C11H14INS. The number of nitrogens with one attached hydrogen (secondary N) is 1. The summed E-state index contributed by atoms with van der Waals surface area (Å²) in [6.45, 7) is 4.51. The Morgan fingerprint density at radius 2 is 2.00 bits per heavy atom. The van der Waals surface area contributed by atoms with E-state index in [-0.39, 0.29) is 5.54 Å². The minimum Gasteiger partial charge on any atom is -0.296 e. The van der Waals surface area contributed by atoms with Crippen molar-refractivity contribution < 1.29 is 0 Å². The van der Waals surface area contributed by atoms with Crippen LogP contribution in [0.4, 0.5) is 0 Å². The number of halogens is 1. The zero-order valence-corrected chi connectivity index (χ0v) is 11.4. The van der Waals surface area contributed by atoms with Gasteiger partial charge in [0.05, 0.1) is 5.37 Å². The summed E-state index contributed by atoms with van der Waals surface area (Å²) in [7, 11) is 0. The Morgan fingerprint density at radius 3 is 2.50 bits per heavy atom. The number of hydrogen-bond donors (Lipinski definition) is 1. The van der Waals surface area contributed by atoms with Gasteiger partial charge in [0, 0.05) is 14.9 Å². The maximum Gasteiger partial charge on any atom is 0.0794 e. The molecule has 1 aromatic rings. The van der Waals surface area contributed by atoms with Crippen molar-refractivity contribution in [1.29, 1.82) is 0 Å². The van der Waals surface area contributed by atoms with Crippen molar-refractivity contribution >= 4 is 34.4 Å².